The Morgan fingerprint density at radius 3 is 2.31 bits per heavy atom. The first-order valence-corrected chi connectivity index (χ1v) is 11.4. The van der Waals surface area contributed by atoms with Crippen molar-refractivity contribution in [1.82, 2.24) is 14.5 Å². The van der Waals surface area contributed by atoms with Gasteiger partial charge in [0.1, 0.15) is 19.5 Å². The molecule has 1 aliphatic rings. The third kappa shape index (κ3) is 3.64. The summed E-state index contributed by atoms with van der Waals surface area (Å²) in [5.41, 5.74) is 4.87. The molecular formula is C21H23BBr2N4O. The van der Waals surface area contributed by atoms with Crippen LogP contribution < -0.4 is 10.4 Å². The van der Waals surface area contributed by atoms with Crippen LogP contribution in [0.1, 0.15) is 29.9 Å². The van der Waals surface area contributed by atoms with E-state index in [2.05, 4.69) is 55.2 Å². The summed E-state index contributed by atoms with van der Waals surface area (Å²) in [6.07, 6.45) is 1.96. The lowest BCUT2D eigenvalue weighted by atomic mass is 9.96. The van der Waals surface area contributed by atoms with Gasteiger partial charge in [0.25, 0.3) is 0 Å². The van der Waals surface area contributed by atoms with Crippen LogP contribution in [0.15, 0.2) is 21.1 Å². The number of fused-ring (bicyclic) bond motifs is 1. The van der Waals surface area contributed by atoms with Crippen LogP contribution in [0.5, 0.6) is 0 Å². The van der Waals surface area contributed by atoms with E-state index in [-0.39, 0.29) is 6.61 Å². The number of aromatic nitrogens is 3. The van der Waals surface area contributed by atoms with Crippen LogP contribution in [-0.4, -0.2) is 47.2 Å². The van der Waals surface area contributed by atoms with Crippen molar-refractivity contribution in [3.05, 3.63) is 38.2 Å². The number of aryl methyl sites for hydroxylation is 2. The fourth-order valence-corrected chi connectivity index (χ4v) is 5.75. The van der Waals surface area contributed by atoms with Gasteiger partial charge in [-0.1, -0.05) is 17.6 Å². The molecular weight excluding hydrogens is 495 g/mol. The lowest BCUT2D eigenvalue weighted by molar-refractivity contribution is 0.203. The van der Waals surface area contributed by atoms with Crippen molar-refractivity contribution in [2.75, 3.05) is 24.6 Å². The summed E-state index contributed by atoms with van der Waals surface area (Å²) in [7, 11) is 6.01. The Hall–Kier alpha value is -1.38. The van der Waals surface area contributed by atoms with E-state index in [1.807, 2.05) is 19.1 Å². The molecule has 1 aromatic carbocycles. The van der Waals surface area contributed by atoms with E-state index in [1.54, 1.807) is 0 Å². The molecule has 0 unspecified atom stereocenters. The maximum Gasteiger partial charge on any atom is 0.150 e. The van der Waals surface area contributed by atoms with E-state index in [9.17, 15) is 5.11 Å². The van der Waals surface area contributed by atoms with Crippen LogP contribution in [0.2, 0.25) is 0 Å². The smallest absolute Gasteiger partial charge is 0.150 e. The van der Waals surface area contributed by atoms with E-state index in [4.69, 9.17) is 17.8 Å². The number of halogens is 2. The monoisotopic (exact) mass is 516 g/mol. The lowest BCUT2D eigenvalue weighted by Gasteiger charge is -2.32. The molecule has 1 fully saturated rings. The summed E-state index contributed by atoms with van der Waals surface area (Å²) in [6.45, 7) is 8.25. The number of hydrogen-bond acceptors (Lipinski definition) is 4. The van der Waals surface area contributed by atoms with Crippen LogP contribution in [0, 0.1) is 26.7 Å². The molecule has 1 aliphatic heterocycles. The molecule has 0 amide bonds. The van der Waals surface area contributed by atoms with E-state index in [1.165, 1.54) is 5.56 Å². The number of rotatable bonds is 3. The number of hydrogen-bond donors (Lipinski definition) is 1. The Balaban J connectivity index is 1.94. The third-order valence-corrected chi connectivity index (χ3v) is 7.09. The summed E-state index contributed by atoms with van der Waals surface area (Å²) in [6, 6.07) is 3.82. The van der Waals surface area contributed by atoms with Crippen LogP contribution in [0.25, 0.3) is 16.7 Å². The summed E-state index contributed by atoms with van der Waals surface area (Å²) in [5, 5.41) is 10.6. The van der Waals surface area contributed by atoms with E-state index in [0.717, 1.165) is 68.9 Å². The maximum atomic E-state index is 9.48. The summed E-state index contributed by atoms with van der Waals surface area (Å²) >= 11 is 7.37. The quantitative estimate of drug-likeness (QED) is 0.536. The normalized spacial score (nSPS) is 15.4. The second-order valence-electron chi connectivity index (χ2n) is 7.79. The van der Waals surface area contributed by atoms with Crippen LogP contribution in [0.3, 0.4) is 0 Å². The van der Waals surface area contributed by atoms with Gasteiger partial charge in [-0.3, -0.25) is 4.57 Å². The zero-order valence-electron chi connectivity index (χ0n) is 16.8. The first-order valence-electron chi connectivity index (χ1n) is 9.78. The van der Waals surface area contributed by atoms with Gasteiger partial charge in [0, 0.05) is 34.3 Å². The Morgan fingerprint density at radius 1 is 1.10 bits per heavy atom. The van der Waals surface area contributed by atoms with Gasteiger partial charge in [-0.25, -0.2) is 9.97 Å². The topological polar surface area (TPSA) is 54.2 Å². The summed E-state index contributed by atoms with van der Waals surface area (Å²) in [5.74, 6) is 2.13. The fourth-order valence-electron chi connectivity index (χ4n) is 4.18. The minimum atomic E-state index is 0.264. The van der Waals surface area contributed by atoms with Gasteiger partial charge < -0.3 is 10.0 Å². The molecule has 1 saturated heterocycles. The first-order chi connectivity index (χ1) is 13.8. The zero-order chi connectivity index (χ0) is 20.9. The molecule has 0 aliphatic carbocycles. The SMILES string of the molecule is [B]c1cc(Br)c(-n2c(C)c(C)c3c(N4CCC(CO)CC4)nc(C)nc32)c(Br)c1. The molecule has 4 rings (SSSR count). The van der Waals surface area contributed by atoms with Gasteiger partial charge in [0.05, 0.1) is 11.1 Å². The molecule has 29 heavy (non-hydrogen) atoms. The van der Waals surface area contributed by atoms with Crippen molar-refractivity contribution in [3.8, 4) is 5.69 Å². The van der Waals surface area contributed by atoms with Gasteiger partial charge in [-0.05, 0) is 77.0 Å². The predicted octanol–water partition coefficient (Wildman–Crippen LogP) is 3.87. The van der Waals surface area contributed by atoms with Crippen LogP contribution in [-0.2, 0) is 0 Å². The highest BCUT2D eigenvalue weighted by molar-refractivity contribution is 9.11. The minimum absolute atomic E-state index is 0.264. The summed E-state index contributed by atoms with van der Waals surface area (Å²) in [4.78, 5) is 12.0. The molecule has 3 aromatic rings. The molecule has 8 heteroatoms. The Bertz CT molecular complexity index is 1070. The van der Waals surface area contributed by atoms with Gasteiger partial charge in [-0.15, -0.1) is 0 Å². The van der Waals surface area contributed by atoms with E-state index in [0.29, 0.717) is 11.4 Å². The number of nitrogens with zero attached hydrogens (tertiary/aromatic N) is 4. The molecule has 1 N–H and O–H groups in total. The maximum absolute atomic E-state index is 9.48. The highest BCUT2D eigenvalue weighted by atomic mass is 79.9. The predicted molar refractivity (Wildman–Crippen MR) is 126 cm³/mol. The number of piperidine rings is 1. The lowest BCUT2D eigenvalue weighted by Crippen LogP contribution is -2.35. The standard InChI is InChI=1S/C21H23BBr2N4O/c1-11-12(2)28(19-16(23)8-15(22)9-17(19)24)21-18(11)20(25-13(3)26-21)27-6-4-14(10-29)5-7-27/h8-9,14,29H,4-7,10H2,1-3H3. The number of benzene rings is 1. The minimum Gasteiger partial charge on any atom is -0.396 e. The van der Waals surface area contributed by atoms with Gasteiger partial charge in [0.15, 0.2) is 5.65 Å². The van der Waals surface area contributed by atoms with E-state index < -0.39 is 0 Å². The van der Waals surface area contributed by atoms with Crippen LogP contribution in [0.4, 0.5) is 5.82 Å². The average Bonchev–Trinajstić information content (AvgIpc) is 2.92. The van der Waals surface area contributed by atoms with Crippen molar-refractivity contribution < 1.29 is 5.11 Å². The Labute approximate surface area is 189 Å². The fraction of sp³-hybridized carbons (Fsp3) is 0.429. The van der Waals surface area contributed by atoms with Crippen molar-refractivity contribution >= 4 is 62.0 Å². The van der Waals surface area contributed by atoms with Crippen LogP contribution >= 0.6 is 31.9 Å². The Morgan fingerprint density at radius 2 is 1.72 bits per heavy atom. The van der Waals surface area contributed by atoms with Crippen molar-refractivity contribution in [2.45, 2.75) is 33.6 Å². The third-order valence-electron chi connectivity index (χ3n) is 5.88. The molecule has 2 radical (unpaired) electrons. The average molecular weight is 518 g/mol. The highest BCUT2D eigenvalue weighted by Gasteiger charge is 2.26. The van der Waals surface area contributed by atoms with Crippen molar-refractivity contribution in [3.63, 3.8) is 0 Å². The molecule has 2 aromatic heterocycles. The number of aliphatic hydroxyl groups excluding tert-OH is 1. The molecule has 0 bridgehead atoms. The largest absolute Gasteiger partial charge is 0.396 e. The molecule has 0 atom stereocenters. The van der Waals surface area contributed by atoms with Gasteiger partial charge >= 0.3 is 0 Å². The molecule has 150 valence electrons. The Kier molecular flexibility index (Phi) is 5.79. The number of anilines is 1. The molecule has 3 heterocycles. The zero-order valence-corrected chi connectivity index (χ0v) is 20.0. The first kappa shape index (κ1) is 20.9. The van der Waals surface area contributed by atoms with Gasteiger partial charge in [-0.2, -0.15) is 0 Å². The molecule has 0 saturated carbocycles. The van der Waals surface area contributed by atoms with Crippen molar-refractivity contribution in [2.24, 2.45) is 5.92 Å². The molecule has 5 nitrogen and oxygen atoms in total. The van der Waals surface area contributed by atoms with Crippen molar-refractivity contribution in [1.29, 1.82) is 0 Å². The highest BCUT2D eigenvalue weighted by Crippen LogP contribution is 2.38. The molecule has 0 spiro atoms. The summed E-state index contributed by atoms with van der Waals surface area (Å²) < 4.78 is 3.99. The second kappa shape index (κ2) is 8.04. The van der Waals surface area contributed by atoms with E-state index >= 15 is 0 Å². The number of aliphatic hydroxyl groups is 1. The van der Waals surface area contributed by atoms with Gasteiger partial charge in [0.2, 0.25) is 0 Å². The second-order valence-corrected chi connectivity index (χ2v) is 9.49.